The van der Waals surface area contributed by atoms with Crippen molar-refractivity contribution in [3.05, 3.63) is 65.5 Å². The Morgan fingerprint density at radius 3 is 2.67 bits per heavy atom. The van der Waals surface area contributed by atoms with Crippen molar-refractivity contribution in [1.29, 1.82) is 0 Å². The summed E-state index contributed by atoms with van der Waals surface area (Å²) in [7, 11) is 0. The summed E-state index contributed by atoms with van der Waals surface area (Å²) >= 11 is 1.72. The Balaban J connectivity index is 1.61. The summed E-state index contributed by atoms with van der Waals surface area (Å²) < 4.78 is 14.0. The molecular weight excluding hydrogens is 323 g/mol. The summed E-state index contributed by atoms with van der Waals surface area (Å²) in [6.07, 6.45) is 0.757. The maximum absolute atomic E-state index is 14.0. The second-order valence-corrected chi connectivity index (χ2v) is 7.26. The van der Waals surface area contributed by atoms with E-state index >= 15 is 0 Å². The minimum Gasteiger partial charge on any atom is -0.324 e. The van der Waals surface area contributed by atoms with Crippen LogP contribution >= 0.6 is 11.8 Å². The Labute approximate surface area is 146 Å². The highest BCUT2D eigenvalue weighted by atomic mass is 32.2. The van der Waals surface area contributed by atoms with E-state index < -0.39 is 0 Å². The number of benzene rings is 2. The normalized spacial score (nSPS) is 18.1. The van der Waals surface area contributed by atoms with E-state index in [2.05, 4.69) is 5.32 Å². The number of urea groups is 1. The molecule has 0 saturated carbocycles. The van der Waals surface area contributed by atoms with Crippen molar-refractivity contribution in [2.24, 2.45) is 0 Å². The van der Waals surface area contributed by atoms with Gasteiger partial charge >= 0.3 is 6.03 Å². The molecule has 0 radical (unpaired) electrons. The first-order valence-corrected chi connectivity index (χ1v) is 9.17. The average Bonchev–Trinajstić information content (AvgIpc) is 2.83. The third-order valence-electron chi connectivity index (χ3n) is 4.18. The largest absolute Gasteiger partial charge is 0.324 e. The van der Waals surface area contributed by atoms with Gasteiger partial charge in [0.1, 0.15) is 5.82 Å². The van der Waals surface area contributed by atoms with Gasteiger partial charge in [0.05, 0.1) is 0 Å². The summed E-state index contributed by atoms with van der Waals surface area (Å²) in [5.74, 6) is 0.646. The molecule has 0 spiro atoms. The SMILES string of the molecule is Cc1ccc(NC(=O)N2CCSC(c3ccccc3F)CC2)cc1. The molecule has 5 heteroatoms. The van der Waals surface area contributed by atoms with E-state index in [9.17, 15) is 9.18 Å². The summed E-state index contributed by atoms with van der Waals surface area (Å²) in [4.78, 5) is 14.3. The van der Waals surface area contributed by atoms with Crippen molar-refractivity contribution in [1.82, 2.24) is 4.90 Å². The quantitative estimate of drug-likeness (QED) is 0.845. The Kier molecular flexibility index (Phi) is 5.41. The van der Waals surface area contributed by atoms with Crippen LogP contribution in [0, 0.1) is 12.7 Å². The number of nitrogens with one attached hydrogen (secondary N) is 1. The van der Waals surface area contributed by atoms with E-state index in [1.807, 2.05) is 48.2 Å². The van der Waals surface area contributed by atoms with Gasteiger partial charge < -0.3 is 10.2 Å². The smallest absolute Gasteiger partial charge is 0.321 e. The molecule has 1 fully saturated rings. The van der Waals surface area contributed by atoms with Crippen LogP contribution in [-0.4, -0.2) is 29.8 Å². The molecule has 1 heterocycles. The molecule has 1 unspecified atom stereocenters. The Morgan fingerprint density at radius 2 is 1.92 bits per heavy atom. The van der Waals surface area contributed by atoms with E-state index in [1.54, 1.807) is 17.8 Å². The molecule has 0 aliphatic carbocycles. The molecular formula is C19H21FN2OS. The lowest BCUT2D eigenvalue weighted by molar-refractivity contribution is 0.215. The first-order chi connectivity index (χ1) is 11.6. The van der Waals surface area contributed by atoms with E-state index in [4.69, 9.17) is 0 Å². The zero-order chi connectivity index (χ0) is 16.9. The minimum absolute atomic E-state index is 0.0892. The number of nitrogens with zero attached hydrogens (tertiary/aromatic N) is 1. The Morgan fingerprint density at radius 1 is 1.17 bits per heavy atom. The average molecular weight is 344 g/mol. The predicted octanol–water partition coefficient (Wildman–Crippen LogP) is 4.85. The fourth-order valence-corrected chi connectivity index (χ4v) is 4.05. The van der Waals surface area contributed by atoms with E-state index in [-0.39, 0.29) is 17.1 Å². The van der Waals surface area contributed by atoms with Crippen molar-refractivity contribution in [2.75, 3.05) is 24.2 Å². The zero-order valence-corrected chi connectivity index (χ0v) is 14.5. The molecule has 2 aromatic rings. The van der Waals surface area contributed by atoms with Crippen LogP contribution in [0.4, 0.5) is 14.9 Å². The number of thioether (sulfide) groups is 1. The molecule has 1 atom stereocenters. The highest BCUT2D eigenvalue weighted by Gasteiger charge is 2.23. The number of halogens is 1. The van der Waals surface area contributed by atoms with Gasteiger partial charge in [-0.05, 0) is 31.5 Å². The fourth-order valence-electron chi connectivity index (χ4n) is 2.80. The standard InChI is InChI=1S/C19H21FN2OS/c1-14-6-8-15(9-7-14)21-19(23)22-11-10-18(24-13-12-22)16-4-2-3-5-17(16)20/h2-9,18H,10-13H2,1H3,(H,21,23). The summed E-state index contributed by atoms with van der Waals surface area (Å²) in [6.45, 7) is 3.32. The number of amides is 2. The topological polar surface area (TPSA) is 32.3 Å². The molecule has 3 rings (SSSR count). The van der Waals surface area contributed by atoms with E-state index in [1.165, 1.54) is 6.07 Å². The second kappa shape index (κ2) is 7.71. The van der Waals surface area contributed by atoms with Crippen molar-refractivity contribution in [3.8, 4) is 0 Å². The summed E-state index contributed by atoms with van der Waals surface area (Å²) in [6, 6.07) is 14.6. The predicted molar refractivity (Wildman–Crippen MR) is 98.0 cm³/mol. The fraction of sp³-hybridized carbons (Fsp3) is 0.316. The van der Waals surface area contributed by atoms with Crippen LogP contribution in [0.5, 0.6) is 0 Å². The number of hydrogen-bond donors (Lipinski definition) is 1. The third-order valence-corrected chi connectivity index (χ3v) is 5.49. The van der Waals surface area contributed by atoms with Crippen LogP contribution in [-0.2, 0) is 0 Å². The van der Waals surface area contributed by atoms with Crippen molar-refractivity contribution in [2.45, 2.75) is 18.6 Å². The van der Waals surface area contributed by atoms with Gasteiger partial charge in [0, 0.05) is 35.3 Å². The zero-order valence-electron chi connectivity index (χ0n) is 13.7. The molecule has 2 aromatic carbocycles. The molecule has 1 aliphatic heterocycles. The maximum Gasteiger partial charge on any atom is 0.321 e. The molecule has 1 N–H and O–H groups in total. The molecule has 24 heavy (non-hydrogen) atoms. The molecule has 0 bridgehead atoms. The van der Waals surface area contributed by atoms with E-state index in [0.717, 1.165) is 29.0 Å². The number of aryl methyl sites for hydroxylation is 1. The molecule has 3 nitrogen and oxygen atoms in total. The number of anilines is 1. The van der Waals surface area contributed by atoms with Crippen LogP contribution in [0.1, 0.15) is 22.8 Å². The number of carbonyl (C=O) groups excluding carboxylic acids is 1. The first kappa shape index (κ1) is 16.8. The number of carbonyl (C=O) groups is 1. The van der Waals surface area contributed by atoms with Crippen LogP contribution < -0.4 is 5.32 Å². The summed E-state index contributed by atoms with van der Waals surface area (Å²) in [5, 5.41) is 3.04. The van der Waals surface area contributed by atoms with Crippen molar-refractivity contribution >= 4 is 23.5 Å². The van der Waals surface area contributed by atoms with Gasteiger partial charge in [-0.25, -0.2) is 9.18 Å². The first-order valence-electron chi connectivity index (χ1n) is 8.12. The lowest BCUT2D eigenvalue weighted by atomic mass is 10.1. The Hall–Kier alpha value is -2.01. The monoisotopic (exact) mass is 344 g/mol. The van der Waals surface area contributed by atoms with Crippen molar-refractivity contribution in [3.63, 3.8) is 0 Å². The maximum atomic E-state index is 14.0. The second-order valence-electron chi connectivity index (χ2n) is 5.95. The molecule has 1 saturated heterocycles. The van der Waals surface area contributed by atoms with Gasteiger partial charge in [-0.1, -0.05) is 35.9 Å². The molecule has 1 aliphatic rings. The van der Waals surface area contributed by atoms with Crippen LogP contribution in [0.2, 0.25) is 0 Å². The van der Waals surface area contributed by atoms with E-state index in [0.29, 0.717) is 13.1 Å². The minimum atomic E-state index is -0.160. The number of hydrogen-bond acceptors (Lipinski definition) is 2. The lowest BCUT2D eigenvalue weighted by Crippen LogP contribution is -2.36. The van der Waals surface area contributed by atoms with Crippen LogP contribution in [0.3, 0.4) is 0 Å². The Bertz CT molecular complexity index is 705. The highest BCUT2D eigenvalue weighted by Crippen LogP contribution is 2.35. The van der Waals surface area contributed by atoms with Crippen molar-refractivity contribution < 1.29 is 9.18 Å². The van der Waals surface area contributed by atoms with Crippen LogP contribution in [0.15, 0.2) is 48.5 Å². The molecule has 2 amide bonds. The van der Waals surface area contributed by atoms with Gasteiger partial charge in [0.2, 0.25) is 0 Å². The number of rotatable bonds is 2. The van der Waals surface area contributed by atoms with Gasteiger partial charge in [-0.2, -0.15) is 11.8 Å². The van der Waals surface area contributed by atoms with Gasteiger partial charge in [0.25, 0.3) is 0 Å². The van der Waals surface area contributed by atoms with Gasteiger partial charge in [-0.15, -0.1) is 0 Å². The lowest BCUT2D eigenvalue weighted by Gasteiger charge is -2.21. The van der Waals surface area contributed by atoms with Crippen LogP contribution in [0.25, 0.3) is 0 Å². The van der Waals surface area contributed by atoms with Gasteiger partial charge in [-0.3, -0.25) is 0 Å². The molecule has 126 valence electrons. The van der Waals surface area contributed by atoms with Gasteiger partial charge in [0.15, 0.2) is 0 Å². The third kappa shape index (κ3) is 4.09. The molecule has 0 aromatic heterocycles. The highest BCUT2D eigenvalue weighted by molar-refractivity contribution is 7.99. The summed E-state index contributed by atoms with van der Waals surface area (Å²) in [5.41, 5.74) is 2.70.